The molecule has 0 bridgehead atoms. The van der Waals surface area contributed by atoms with Crippen LogP contribution >= 0.6 is 0 Å². The number of hydrogen-bond acceptors (Lipinski definition) is 3. The molecule has 8 heteroatoms. The number of hydrogen-bond donors (Lipinski definition) is 2. The zero-order valence-corrected chi connectivity index (χ0v) is 14.1. The molecular formula is C17H20FN5O2. The summed E-state index contributed by atoms with van der Waals surface area (Å²) < 4.78 is 15.6. The van der Waals surface area contributed by atoms with Crippen LogP contribution in [0.1, 0.15) is 17.7 Å². The van der Waals surface area contributed by atoms with Gasteiger partial charge in [-0.2, -0.15) is 5.10 Å². The summed E-state index contributed by atoms with van der Waals surface area (Å²) >= 11 is 0. The molecule has 3 amide bonds. The summed E-state index contributed by atoms with van der Waals surface area (Å²) in [4.78, 5) is 25.8. The SMILES string of the molecule is Cc1c(CNC(=O)N[C@@H]2CCN(c3ccccc3F)C2=O)cnn1C. The largest absolute Gasteiger partial charge is 0.334 e. The number of halogens is 1. The number of amides is 3. The Morgan fingerprint density at radius 1 is 1.40 bits per heavy atom. The predicted octanol–water partition coefficient (Wildman–Crippen LogP) is 1.47. The number of aryl methyl sites for hydroxylation is 1. The highest BCUT2D eigenvalue weighted by Gasteiger charge is 2.34. The first kappa shape index (κ1) is 16.9. The van der Waals surface area contributed by atoms with E-state index >= 15 is 0 Å². The monoisotopic (exact) mass is 345 g/mol. The molecule has 1 saturated heterocycles. The Bertz CT molecular complexity index is 804. The van der Waals surface area contributed by atoms with Crippen molar-refractivity contribution >= 4 is 17.6 Å². The first-order valence-corrected chi connectivity index (χ1v) is 8.05. The van der Waals surface area contributed by atoms with Gasteiger partial charge in [0.1, 0.15) is 11.9 Å². The third kappa shape index (κ3) is 3.47. The van der Waals surface area contributed by atoms with Crippen molar-refractivity contribution in [3.63, 3.8) is 0 Å². The Kier molecular flexibility index (Phi) is 4.69. The molecule has 1 aliphatic rings. The second kappa shape index (κ2) is 6.92. The van der Waals surface area contributed by atoms with Crippen LogP contribution < -0.4 is 15.5 Å². The molecule has 132 valence electrons. The van der Waals surface area contributed by atoms with Crippen LogP contribution in [0.25, 0.3) is 0 Å². The van der Waals surface area contributed by atoms with Crippen molar-refractivity contribution in [2.45, 2.75) is 25.9 Å². The fourth-order valence-corrected chi connectivity index (χ4v) is 2.83. The molecule has 25 heavy (non-hydrogen) atoms. The van der Waals surface area contributed by atoms with Gasteiger partial charge in [0.2, 0.25) is 5.91 Å². The van der Waals surface area contributed by atoms with Crippen molar-refractivity contribution in [3.05, 3.63) is 47.5 Å². The number of rotatable bonds is 4. The maximum absolute atomic E-state index is 13.9. The van der Waals surface area contributed by atoms with Gasteiger partial charge >= 0.3 is 6.03 Å². The molecule has 1 aromatic carbocycles. The summed E-state index contributed by atoms with van der Waals surface area (Å²) in [5.74, 6) is -0.759. The number of carbonyl (C=O) groups is 2. The number of aromatic nitrogens is 2. The third-order valence-corrected chi connectivity index (χ3v) is 4.43. The fraction of sp³-hybridized carbons (Fsp3) is 0.353. The lowest BCUT2D eigenvalue weighted by Gasteiger charge is -2.18. The Balaban J connectivity index is 1.57. The van der Waals surface area contributed by atoms with Gasteiger partial charge in [0.15, 0.2) is 0 Å². The van der Waals surface area contributed by atoms with Gasteiger partial charge in [-0.1, -0.05) is 12.1 Å². The summed E-state index contributed by atoms with van der Waals surface area (Å²) in [6.07, 6.45) is 2.13. The predicted molar refractivity (Wildman–Crippen MR) is 90.5 cm³/mol. The number of carbonyl (C=O) groups excluding carboxylic acids is 2. The highest BCUT2D eigenvalue weighted by molar-refractivity contribution is 6.01. The van der Waals surface area contributed by atoms with Crippen LogP contribution in [0.15, 0.2) is 30.5 Å². The van der Waals surface area contributed by atoms with Crippen LogP contribution in [0.4, 0.5) is 14.9 Å². The molecule has 1 fully saturated rings. The van der Waals surface area contributed by atoms with Crippen LogP contribution in [-0.2, 0) is 18.4 Å². The van der Waals surface area contributed by atoms with Crippen LogP contribution in [0.3, 0.4) is 0 Å². The molecule has 2 heterocycles. The van der Waals surface area contributed by atoms with E-state index in [9.17, 15) is 14.0 Å². The molecular weight excluding hydrogens is 325 g/mol. The van der Waals surface area contributed by atoms with Gasteiger partial charge in [-0.25, -0.2) is 9.18 Å². The molecule has 0 unspecified atom stereocenters. The lowest BCUT2D eigenvalue weighted by Crippen LogP contribution is -2.46. The van der Waals surface area contributed by atoms with Crippen LogP contribution in [0.5, 0.6) is 0 Å². The van der Waals surface area contributed by atoms with Gasteiger partial charge in [-0.05, 0) is 25.5 Å². The number of urea groups is 1. The van der Waals surface area contributed by atoms with Gasteiger partial charge in [-0.15, -0.1) is 0 Å². The van der Waals surface area contributed by atoms with Crippen molar-refractivity contribution in [3.8, 4) is 0 Å². The van der Waals surface area contributed by atoms with E-state index in [-0.39, 0.29) is 11.6 Å². The van der Waals surface area contributed by atoms with E-state index in [0.29, 0.717) is 19.5 Å². The molecule has 7 nitrogen and oxygen atoms in total. The quantitative estimate of drug-likeness (QED) is 0.881. The summed E-state index contributed by atoms with van der Waals surface area (Å²) in [6, 6.07) is 5.03. The molecule has 0 aliphatic carbocycles. The van der Waals surface area contributed by atoms with E-state index in [1.54, 1.807) is 29.1 Å². The second-order valence-corrected chi connectivity index (χ2v) is 5.99. The van der Waals surface area contributed by atoms with Crippen molar-refractivity contribution in [2.24, 2.45) is 7.05 Å². The lowest BCUT2D eigenvalue weighted by molar-refractivity contribution is -0.118. The fourth-order valence-electron chi connectivity index (χ4n) is 2.83. The van der Waals surface area contributed by atoms with Crippen molar-refractivity contribution in [1.82, 2.24) is 20.4 Å². The van der Waals surface area contributed by atoms with E-state index < -0.39 is 17.9 Å². The zero-order valence-electron chi connectivity index (χ0n) is 14.1. The molecule has 3 rings (SSSR count). The standard InChI is InChI=1S/C17H20FN5O2/c1-11-12(10-20-22(11)2)9-19-17(25)21-14-7-8-23(16(14)24)15-6-4-3-5-13(15)18/h3-6,10,14H,7-9H2,1-2H3,(H2,19,21,25)/t14-/m1/s1. The first-order chi connectivity index (χ1) is 12.0. The molecule has 1 atom stereocenters. The second-order valence-electron chi connectivity index (χ2n) is 5.99. The number of benzene rings is 1. The zero-order chi connectivity index (χ0) is 18.0. The number of nitrogens with zero attached hydrogens (tertiary/aromatic N) is 3. The average molecular weight is 345 g/mol. The highest BCUT2D eigenvalue weighted by atomic mass is 19.1. The van der Waals surface area contributed by atoms with Gasteiger partial charge in [-0.3, -0.25) is 9.48 Å². The van der Waals surface area contributed by atoms with Gasteiger partial charge in [0.25, 0.3) is 0 Å². The maximum Gasteiger partial charge on any atom is 0.315 e. The minimum atomic E-state index is -0.658. The number of nitrogens with one attached hydrogen (secondary N) is 2. The maximum atomic E-state index is 13.9. The van der Waals surface area contributed by atoms with Gasteiger partial charge in [0, 0.05) is 31.4 Å². The van der Waals surface area contributed by atoms with Crippen LogP contribution in [0, 0.1) is 12.7 Å². The van der Waals surface area contributed by atoms with E-state index in [0.717, 1.165) is 11.3 Å². The first-order valence-electron chi connectivity index (χ1n) is 8.05. The summed E-state index contributed by atoms with van der Waals surface area (Å²) in [6.45, 7) is 2.60. The number of para-hydroxylation sites is 1. The molecule has 1 aliphatic heterocycles. The minimum Gasteiger partial charge on any atom is -0.334 e. The van der Waals surface area contributed by atoms with E-state index in [1.165, 1.54) is 11.0 Å². The Morgan fingerprint density at radius 2 is 2.16 bits per heavy atom. The van der Waals surface area contributed by atoms with Crippen LogP contribution in [0.2, 0.25) is 0 Å². The Labute approximate surface area is 144 Å². The Morgan fingerprint density at radius 3 is 2.84 bits per heavy atom. The topological polar surface area (TPSA) is 79.3 Å². The minimum absolute atomic E-state index is 0.239. The van der Waals surface area contributed by atoms with Gasteiger partial charge in [0.05, 0.1) is 11.9 Å². The van der Waals surface area contributed by atoms with Crippen molar-refractivity contribution < 1.29 is 14.0 Å². The summed E-state index contributed by atoms with van der Waals surface area (Å²) in [7, 11) is 1.83. The molecule has 0 saturated carbocycles. The molecule has 1 aromatic heterocycles. The molecule has 2 aromatic rings. The van der Waals surface area contributed by atoms with E-state index in [1.807, 2.05) is 14.0 Å². The average Bonchev–Trinajstić information content (AvgIpc) is 3.10. The number of anilines is 1. The third-order valence-electron chi connectivity index (χ3n) is 4.43. The molecule has 2 N–H and O–H groups in total. The lowest BCUT2D eigenvalue weighted by atomic mass is 10.2. The summed E-state index contributed by atoms with van der Waals surface area (Å²) in [5, 5.41) is 9.48. The summed E-state index contributed by atoms with van der Waals surface area (Å²) in [5.41, 5.74) is 2.11. The van der Waals surface area contributed by atoms with E-state index in [4.69, 9.17) is 0 Å². The van der Waals surface area contributed by atoms with Crippen molar-refractivity contribution in [2.75, 3.05) is 11.4 Å². The Hall–Kier alpha value is -2.90. The molecule has 0 spiro atoms. The van der Waals surface area contributed by atoms with Crippen molar-refractivity contribution in [1.29, 1.82) is 0 Å². The normalized spacial score (nSPS) is 17.0. The smallest absolute Gasteiger partial charge is 0.315 e. The van der Waals surface area contributed by atoms with Gasteiger partial charge < -0.3 is 15.5 Å². The molecule has 0 radical (unpaired) electrons. The van der Waals surface area contributed by atoms with Crippen LogP contribution in [-0.4, -0.2) is 34.3 Å². The van der Waals surface area contributed by atoms with E-state index in [2.05, 4.69) is 15.7 Å². The highest BCUT2D eigenvalue weighted by Crippen LogP contribution is 2.24.